The number of benzene rings is 1. The van der Waals surface area contributed by atoms with Gasteiger partial charge in [-0.1, -0.05) is 31.5 Å². The standard InChI is InChI=1S/C16H25ClN2O/c1-16(2)6-8-19(12-16)15-5-4-13(10-14(15)17)11-18-7-9-20-3/h4-5,10,18H,6-9,11-12H2,1-3H3. The first-order valence-electron chi connectivity index (χ1n) is 7.25. The molecule has 1 fully saturated rings. The summed E-state index contributed by atoms with van der Waals surface area (Å²) >= 11 is 6.45. The van der Waals surface area contributed by atoms with Gasteiger partial charge in [0.1, 0.15) is 0 Å². The molecule has 0 aliphatic carbocycles. The second-order valence-corrected chi connectivity index (χ2v) is 6.70. The third kappa shape index (κ3) is 4.11. The Morgan fingerprint density at radius 3 is 2.80 bits per heavy atom. The number of nitrogens with one attached hydrogen (secondary N) is 1. The van der Waals surface area contributed by atoms with Crippen LogP contribution in [0.25, 0.3) is 0 Å². The highest BCUT2D eigenvalue weighted by molar-refractivity contribution is 6.33. The summed E-state index contributed by atoms with van der Waals surface area (Å²) in [4.78, 5) is 2.39. The van der Waals surface area contributed by atoms with E-state index >= 15 is 0 Å². The maximum atomic E-state index is 6.45. The third-order valence-electron chi connectivity index (χ3n) is 3.84. The Hall–Kier alpha value is -0.770. The molecule has 20 heavy (non-hydrogen) atoms. The molecule has 0 unspecified atom stereocenters. The lowest BCUT2D eigenvalue weighted by atomic mass is 9.93. The predicted octanol–water partition coefficient (Wildman–Crippen LogP) is 3.31. The SMILES string of the molecule is COCCNCc1ccc(N2CCC(C)(C)C2)c(Cl)c1. The topological polar surface area (TPSA) is 24.5 Å². The van der Waals surface area contributed by atoms with Gasteiger partial charge in [0.2, 0.25) is 0 Å². The van der Waals surface area contributed by atoms with Gasteiger partial charge < -0.3 is 15.0 Å². The Kier molecular flexibility index (Phi) is 5.30. The van der Waals surface area contributed by atoms with Crippen molar-refractivity contribution in [1.82, 2.24) is 5.32 Å². The first-order valence-corrected chi connectivity index (χ1v) is 7.63. The number of anilines is 1. The molecule has 3 nitrogen and oxygen atoms in total. The molecule has 1 saturated heterocycles. The molecule has 0 aromatic heterocycles. The van der Waals surface area contributed by atoms with Gasteiger partial charge in [-0.25, -0.2) is 0 Å². The number of hydrogen-bond acceptors (Lipinski definition) is 3. The molecule has 0 bridgehead atoms. The monoisotopic (exact) mass is 296 g/mol. The van der Waals surface area contributed by atoms with E-state index in [2.05, 4.69) is 42.3 Å². The van der Waals surface area contributed by atoms with Crippen molar-refractivity contribution in [2.24, 2.45) is 5.41 Å². The lowest BCUT2D eigenvalue weighted by Crippen LogP contribution is -2.23. The Bertz CT molecular complexity index is 448. The number of halogens is 1. The van der Waals surface area contributed by atoms with E-state index in [0.717, 1.165) is 43.5 Å². The summed E-state index contributed by atoms with van der Waals surface area (Å²) in [5.41, 5.74) is 2.77. The van der Waals surface area contributed by atoms with Crippen molar-refractivity contribution in [3.63, 3.8) is 0 Å². The average molecular weight is 297 g/mol. The molecule has 0 atom stereocenters. The van der Waals surface area contributed by atoms with Crippen molar-refractivity contribution < 1.29 is 4.74 Å². The van der Waals surface area contributed by atoms with E-state index in [1.165, 1.54) is 12.0 Å². The molecule has 0 spiro atoms. The van der Waals surface area contributed by atoms with E-state index in [1.54, 1.807) is 7.11 Å². The highest BCUT2D eigenvalue weighted by atomic mass is 35.5. The van der Waals surface area contributed by atoms with Gasteiger partial charge in [-0.3, -0.25) is 0 Å². The van der Waals surface area contributed by atoms with Crippen LogP contribution in [-0.4, -0.2) is 33.4 Å². The lowest BCUT2D eigenvalue weighted by Gasteiger charge is -2.23. The van der Waals surface area contributed by atoms with E-state index in [-0.39, 0.29) is 0 Å². The van der Waals surface area contributed by atoms with Crippen molar-refractivity contribution in [3.8, 4) is 0 Å². The largest absolute Gasteiger partial charge is 0.383 e. The molecular weight excluding hydrogens is 272 g/mol. The maximum Gasteiger partial charge on any atom is 0.0642 e. The molecule has 2 rings (SSSR count). The summed E-state index contributed by atoms with van der Waals surface area (Å²) < 4.78 is 5.01. The molecule has 0 saturated carbocycles. The zero-order valence-electron chi connectivity index (χ0n) is 12.7. The van der Waals surface area contributed by atoms with E-state index < -0.39 is 0 Å². The fourth-order valence-corrected chi connectivity index (χ4v) is 2.96. The lowest BCUT2D eigenvalue weighted by molar-refractivity contribution is 0.199. The highest BCUT2D eigenvalue weighted by Gasteiger charge is 2.30. The van der Waals surface area contributed by atoms with E-state index in [9.17, 15) is 0 Å². The second kappa shape index (κ2) is 6.79. The van der Waals surface area contributed by atoms with Crippen LogP contribution in [0, 0.1) is 5.41 Å². The fourth-order valence-electron chi connectivity index (χ4n) is 2.64. The molecule has 112 valence electrons. The van der Waals surface area contributed by atoms with Gasteiger partial charge in [0.05, 0.1) is 17.3 Å². The van der Waals surface area contributed by atoms with Gasteiger partial charge in [-0.15, -0.1) is 0 Å². The van der Waals surface area contributed by atoms with Crippen LogP contribution in [0.1, 0.15) is 25.8 Å². The van der Waals surface area contributed by atoms with Crippen LogP contribution in [0.2, 0.25) is 5.02 Å². The van der Waals surface area contributed by atoms with Crippen molar-refractivity contribution in [1.29, 1.82) is 0 Å². The van der Waals surface area contributed by atoms with Crippen LogP contribution in [-0.2, 0) is 11.3 Å². The Balaban J connectivity index is 1.96. The number of nitrogens with zero attached hydrogens (tertiary/aromatic N) is 1. The van der Waals surface area contributed by atoms with Gasteiger partial charge in [0, 0.05) is 33.3 Å². The molecule has 1 aliphatic rings. The van der Waals surface area contributed by atoms with Crippen LogP contribution < -0.4 is 10.2 Å². The van der Waals surface area contributed by atoms with Crippen LogP contribution >= 0.6 is 11.6 Å². The van der Waals surface area contributed by atoms with Crippen LogP contribution in [0.4, 0.5) is 5.69 Å². The summed E-state index contributed by atoms with van der Waals surface area (Å²) in [5.74, 6) is 0. The number of methoxy groups -OCH3 is 1. The molecule has 0 radical (unpaired) electrons. The summed E-state index contributed by atoms with van der Waals surface area (Å²) in [6, 6.07) is 6.38. The zero-order valence-corrected chi connectivity index (χ0v) is 13.5. The Labute approximate surface area is 127 Å². The van der Waals surface area contributed by atoms with E-state index in [0.29, 0.717) is 5.41 Å². The van der Waals surface area contributed by atoms with Gasteiger partial charge in [-0.05, 0) is 29.5 Å². The van der Waals surface area contributed by atoms with Gasteiger partial charge in [0.25, 0.3) is 0 Å². The van der Waals surface area contributed by atoms with Crippen molar-refractivity contribution in [3.05, 3.63) is 28.8 Å². The molecule has 1 N–H and O–H groups in total. The van der Waals surface area contributed by atoms with Crippen LogP contribution in [0.5, 0.6) is 0 Å². The number of ether oxygens (including phenoxy) is 1. The normalized spacial score (nSPS) is 17.7. The minimum Gasteiger partial charge on any atom is -0.383 e. The summed E-state index contributed by atoms with van der Waals surface area (Å²) in [7, 11) is 1.71. The third-order valence-corrected chi connectivity index (χ3v) is 4.14. The summed E-state index contributed by atoms with van der Waals surface area (Å²) in [5, 5.41) is 4.19. The molecule has 0 amide bonds. The smallest absolute Gasteiger partial charge is 0.0642 e. The fraction of sp³-hybridized carbons (Fsp3) is 0.625. The second-order valence-electron chi connectivity index (χ2n) is 6.29. The average Bonchev–Trinajstić information content (AvgIpc) is 2.75. The van der Waals surface area contributed by atoms with Gasteiger partial charge in [0.15, 0.2) is 0 Å². The van der Waals surface area contributed by atoms with Crippen LogP contribution in [0.15, 0.2) is 18.2 Å². The molecule has 1 heterocycles. The number of rotatable bonds is 6. The molecule has 4 heteroatoms. The van der Waals surface area contributed by atoms with Crippen molar-refractivity contribution in [2.75, 3.05) is 38.3 Å². The van der Waals surface area contributed by atoms with Crippen LogP contribution in [0.3, 0.4) is 0 Å². The van der Waals surface area contributed by atoms with Gasteiger partial charge in [-0.2, -0.15) is 0 Å². The Morgan fingerprint density at radius 2 is 2.20 bits per heavy atom. The summed E-state index contributed by atoms with van der Waals surface area (Å²) in [6.07, 6.45) is 1.23. The van der Waals surface area contributed by atoms with Crippen molar-refractivity contribution in [2.45, 2.75) is 26.8 Å². The highest BCUT2D eigenvalue weighted by Crippen LogP contribution is 2.36. The Morgan fingerprint density at radius 1 is 1.40 bits per heavy atom. The molecule has 1 aliphatic heterocycles. The maximum absolute atomic E-state index is 6.45. The molecule has 1 aromatic rings. The quantitative estimate of drug-likeness (QED) is 0.815. The number of hydrogen-bond donors (Lipinski definition) is 1. The summed E-state index contributed by atoms with van der Waals surface area (Å²) in [6.45, 7) is 9.22. The molecule has 1 aromatic carbocycles. The predicted molar refractivity (Wildman–Crippen MR) is 85.6 cm³/mol. The zero-order chi connectivity index (χ0) is 14.6. The van der Waals surface area contributed by atoms with E-state index in [1.807, 2.05) is 0 Å². The molecular formula is C16H25ClN2O. The first-order chi connectivity index (χ1) is 9.52. The minimum atomic E-state index is 0.393. The first kappa shape index (κ1) is 15.6. The van der Waals surface area contributed by atoms with Gasteiger partial charge >= 0.3 is 0 Å². The minimum absolute atomic E-state index is 0.393. The van der Waals surface area contributed by atoms with E-state index in [4.69, 9.17) is 16.3 Å². The van der Waals surface area contributed by atoms with Crippen molar-refractivity contribution >= 4 is 17.3 Å².